The Morgan fingerprint density at radius 3 is 2.53 bits per heavy atom. The smallest absolute Gasteiger partial charge is 0.166 e. The first kappa shape index (κ1) is 12.6. The van der Waals surface area contributed by atoms with Crippen LogP contribution in [0.25, 0.3) is 0 Å². The van der Waals surface area contributed by atoms with Gasteiger partial charge >= 0.3 is 0 Å². The number of nitrogens with zero attached hydrogens (tertiary/aromatic N) is 2. The molecule has 0 aliphatic rings. The lowest BCUT2D eigenvalue weighted by Crippen LogP contribution is -1.99. The van der Waals surface area contributed by atoms with Crippen LogP contribution in [-0.2, 0) is 6.61 Å². The zero-order valence-corrected chi connectivity index (χ0v) is 9.93. The molecule has 3 nitrogen and oxygen atoms in total. The summed E-state index contributed by atoms with van der Waals surface area (Å²) in [5.41, 5.74) is 1.42. The number of halogens is 1. The standard InChI is InChI=1S/C15H9FN2O/c16-14-7-11(8-17)5-6-15(14)19-10-13-4-2-1-3-12(13)9-18/h1-7H,10H2. The predicted octanol–water partition coefficient (Wildman–Crippen LogP) is 3.15. The Hall–Kier alpha value is -2.85. The van der Waals surface area contributed by atoms with E-state index >= 15 is 0 Å². The molecule has 0 aliphatic heterocycles. The van der Waals surface area contributed by atoms with Crippen LogP contribution in [0.1, 0.15) is 16.7 Å². The van der Waals surface area contributed by atoms with Crippen molar-refractivity contribution in [3.63, 3.8) is 0 Å². The Bertz CT molecular complexity index is 683. The molecule has 0 unspecified atom stereocenters. The SMILES string of the molecule is N#Cc1ccc(OCc2ccccc2C#N)c(F)c1. The molecular formula is C15H9FN2O. The molecule has 0 N–H and O–H groups in total. The summed E-state index contributed by atoms with van der Waals surface area (Å²) in [4.78, 5) is 0. The van der Waals surface area contributed by atoms with E-state index in [9.17, 15) is 4.39 Å². The monoisotopic (exact) mass is 252 g/mol. The summed E-state index contributed by atoms with van der Waals surface area (Å²) in [7, 11) is 0. The number of benzene rings is 2. The van der Waals surface area contributed by atoms with E-state index < -0.39 is 5.82 Å². The third-order valence-corrected chi connectivity index (χ3v) is 2.58. The number of hydrogen-bond donors (Lipinski definition) is 0. The van der Waals surface area contributed by atoms with Crippen LogP contribution in [0.3, 0.4) is 0 Å². The molecule has 2 rings (SSSR count). The van der Waals surface area contributed by atoms with Gasteiger partial charge in [0.25, 0.3) is 0 Å². The van der Waals surface area contributed by atoms with Gasteiger partial charge in [0.1, 0.15) is 6.61 Å². The van der Waals surface area contributed by atoms with Crippen LogP contribution in [0.2, 0.25) is 0 Å². The highest BCUT2D eigenvalue weighted by molar-refractivity contribution is 5.38. The van der Waals surface area contributed by atoms with Crippen LogP contribution >= 0.6 is 0 Å². The molecule has 0 spiro atoms. The maximum Gasteiger partial charge on any atom is 0.166 e. The van der Waals surface area contributed by atoms with Crippen LogP contribution in [0, 0.1) is 28.5 Å². The van der Waals surface area contributed by atoms with Crippen molar-refractivity contribution in [3.8, 4) is 17.9 Å². The summed E-state index contributed by atoms with van der Waals surface area (Å²) >= 11 is 0. The van der Waals surface area contributed by atoms with Crippen molar-refractivity contribution < 1.29 is 9.13 Å². The Morgan fingerprint density at radius 1 is 1.05 bits per heavy atom. The molecule has 0 aromatic heterocycles. The van der Waals surface area contributed by atoms with Crippen molar-refractivity contribution in [2.24, 2.45) is 0 Å². The largest absolute Gasteiger partial charge is 0.486 e. The summed E-state index contributed by atoms with van der Waals surface area (Å²) < 4.78 is 18.9. The average molecular weight is 252 g/mol. The summed E-state index contributed by atoms with van der Waals surface area (Å²) in [5.74, 6) is -0.528. The van der Waals surface area contributed by atoms with Gasteiger partial charge in [0.2, 0.25) is 0 Å². The molecule has 0 saturated heterocycles. The first-order chi connectivity index (χ1) is 9.24. The van der Waals surface area contributed by atoms with E-state index in [4.69, 9.17) is 15.3 Å². The van der Waals surface area contributed by atoms with Crippen molar-refractivity contribution >= 4 is 0 Å². The van der Waals surface area contributed by atoms with E-state index in [0.29, 0.717) is 11.1 Å². The maximum atomic E-state index is 13.6. The second-order valence-corrected chi connectivity index (χ2v) is 3.81. The first-order valence-corrected chi connectivity index (χ1v) is 5.55. The first-order valence-electron chi connectivity index (χ1n) is 5.55. The highest BCUT2D eigenvalue weighted by atomic mass is 19.1. The molecule has 0 heterocycles. The fraction of sp³-hybridized carbons (Fsp3) is 0.0667. The molecule has 0 bridgehead atoms. The zero-order chi connectivity index (χ0) is 13.7. The maximum absolute atomic E-state index is 13.6. The number of rotatable bonds is 3. The van der Waals surface area contributed by atoms with Gasteiger partial charge in [0.05, 0.1) is 23.3 Å². The van der Waals surface area contributed by atoms with Gasteiger partial charge in [-0.3, -0.25) is 0 Å². The second-order valence-electron chi connectivity index (χ2n) is 3.81. The van der Waals surface area contributed by atoms with Crippen molar-refractivity contribution in [2.75, 3.05) is 0 Å². The van der Waals surface area contributed by atoms with Gasteiger partial charge in [-0.1, -0.05) is 18.2 Å². The van der Waals surface area contributed by atoms with Gasteiger partial charge in [-0.15, -0.1) is 0 Å². The van der Waals surface area contributed by atoms with Crippen LogP contribution in [-0.4, -0.2) is 0 Å². The normalized spacial score (nSPS) is 9.42. The van der Waals surface area contributed by atoms with Crippen LogP contribution < -0.4 is 4.74 Å². The fourth-order valence-electron chi connectivity index (χ4n) is 1.60. The minimum atomic E-state index is -0.589. The van der Waals surface area contributed by atoms with Crippen molar-refractivity contribution in [2.45, 2.75) is 6.61 Å². The summed E-state index contributed by atoms with van der Waals surface area (Å²) in [6.07, 6.45) is 0. The van der Waals surface area contributed by atoms with E-state index in [-0.39, 0.29) is 17.9 Å². The quantitative estimate of drug-likeness (QED) is 0.843. The molecule has 0 fully saturated rings. The van der Waals surface area contributed by atoms with Gasteiger partial charge in [0.15, 0.2) is 11.6 Å². The number of hydrogen-bond acceptors (Lipinski definition) is 3. The van der Waals surface area contributed by atoms with Crippen molar-refractivity contribution in [1.82, 2.24) is 0 Å². The third kappa shape index (κ3) is 2.88. The molecule has 4 heteroatoms. The molecule has 0 saturated carbocycles. The van der Waals surface area contributed by atoms with Crippen LogP contribution in [0.5, 0.6) is 5.75 Å². The summed E-state index contributed by atoms with van der Waals surface area (Å²) in [6.45, 7) is 0.104. The van der Waals surface area contributed by atoms with Crippen LogP contribution in [0.4, 0.5) is 4.39 Å². The molecular weight excluding hydrogens is 243 g/mol. The summed E-state index contributed by atoms with van der Waals surface area (Å²) in [6, 6.07) is 14.9. The second kappa shape index (κ2) is 5.66. The third-order valence-electron chi connectivity index (χ3n) is 2.58. The molecule has 0 radical (unpaired) electrons. The number of ether oxygens (including phenoxy) is 1. The summed E-state index contributed by atoms with van der Waals surface area (Å²) in [5, 5.41) is 17.6. The Labute approximate surface area is 110 Å². The molecule has 0 aliphatic carbocycles. The minimum Gasteiger partial charge on any atom is -0.486 e. The van der Waals surface area contributed by atoms with Gasteiger partial charge in [0, 0.05) is 5.56 Å². The molecule has 0 amide bonds. The van der Waals surface area contributed by atoms with E-state index in [0.717, 1.165) is 6.07 Å². The minimum absolute atomic E-state index is 0.0618. The van der Waals surface area contributed by atoms with Crippen molar-refractivity contribution in [3.05, 3.63) is 65.0 Å². The van der Waals surface area contributed by atoms with Gasteiger partial charge in [-0.2, -0.15) is 10.5 Å². The van der Waals surface area contributed by atoms with Crippen LogP contribution in [0.15, 0.2) is 42.5 Å². The van der Waals surface area contributed by atoms with E-state index in [1.807, 2.05) is 12.1 Å². The van der Waals surface area contributed by atoms with E-state index in [2.05, 4.69) is 0 Å². The van der Waals surface area contributed by atoms with Gasteiger partial charge in [-0.05, 0) is 24.3 Å². The van der Waals surface area contributed by atoms with Crippen molar-refractivity contribution in [1.29, 1.82) is 10.5 Å². The van der Waals surface area contributed by atoms with E-state index in [1.54, 1.807) is 24.3 Å². The molecule has 2 aromatic rings. The average Bonchev–Trinajstić information content (AvgIpc) is 2.46. The predicted molar refractivity (Wildman–Crippen MR) is 66.6 cm³/mol. The van der Waals surface area contributed by atoms with Gasteiger partial charge < -0.3 is 4.74 Å². The molecule has 19 heavy (non-hydrogen) atoms. The highest BCUT2D eigenvalue weighted by Crippen LogP contribution is 2.20. The molecule has 0 atom stereocenters. The lowest BCUT2D eigenvalue weighted by atomic mass is 10.1. The lowest BCUT2D eigenvalue weighted by molar-refractivity contribution is 0.290. The molecule has 92 valence electrons. The fourth-order valence-corrected chi connectivity index (χ4v) is 1.60. The lowest BCUT2D eigenvalue weighted by Gasteiger charge is -2.08. The highest BCUT2D eigenvalue weighted by Gasteiger charge is 2.06. The molecule has 2 aromatic carbocycles. The Morgan fingerprint density at radius 2 is 1.84 bits per heavy atom. The Balaban J connectivity index is 2.16. The Kier molecular flexibility index (Phi) is 3.75. The van der Waals surface area contributed by atoms with Gasteiger partial charge in [-0.25, -0.2) is 4.39 Å². The topological polar surface area (TPSA) is 56.8 Å². The van der Waals surface area contributed by atoms with E-state index in [1.165, 1.54) is 12.1 Å². The number of nitriles is 2. The zero-order valence-electron chi connectivity index (χ0n) is 9.93.